The number of nitrogens with one attached hydrogen (secondary N) is 1. The highest BCUT2D eigenvalue weighted by atomic mass is 16.5. The normalized spacial score (nSPS) is 22.4. The molecule has 1 atom stereocenters. The molecule has 136 valence electrons. The number of nitrogens with zero attached hydrogens (tertiary/aromatic N) is 1. The largest absolute Gasteiger partial charge is 0.460 e. The number of amides is 3. The first-order valence-electron chi connectivity index (χ1n) is 8.45. The van der Waals surface area contributed by atoms with Crippen molar-refractivity contribution in [1.82, 2.24) is 10.2 Å². The number of benzene rings is 1. The average Bonchev–Trinajstić information content (AvgIpc) is 3.30. The summed E-state index contributed by atoms with van der Waals surface area (Å²) in [5, 5.41) is 3.40. The van der Waals surface area contributed by atoms with Gasteiger partial charge in [-0.15, -0.1) is 0 Å². The van der Waals surface area contributed by atoms with Gasteiger partial charge in [-0.1, -0.05) is 18.2 Å². The van der Waals surface area contributed by atoms with Gasteiger partial charge in [0.15, 0.2) is 0 Å². The molecule has 0 radical (unpaired) electrons. The molecule has 26 heavy (non-hydrogen) atoms. The zero-order chi connectivity index (χ0) is 18.3. The van der Waals surface area contributed by atoms with E-state index in [1.807, 2.05) is 0 Å². The monoisotopic (exact) mass is 358 g/mol. The predicted molar refractivity (Wildman–Crippen MR) is 89.4 cm³/mol. The molecule has 1 N–H and O–H groups in total. The summed E-state index contributed by atoms with van der Waals surface area (Å²) in [4.78, 5) is 38.6. The Balaban J connectivity index is 1.72. The number of hydrogen-bond acceptors (Lipinski definition) is 6. The van der Waals surface area contributed by atoms with Crippen LogP contribution in [0.1, 0.15) is 29.5 Å². The molecule has 3 heterocycles. The Kier molecular flexibility index (Phi) is 3.91. The molecule has 2 fully saturated rings. The molecule has 3 amide bonds. The van der Waals surface area contributed by atoms with Crippen molar-refractivity contribution >= 4 is 28.9 Å². The standard InChI is InChI=1S/C18H18N2O6/c1-2-25-15(21)14-12(11-5-3-4-6-13(11)26-14)9-20-16(22)18(19-17(20)23)7-8-24-10-18/h3-6H,2,7-10H2,1H3,(H,19,23)/t18-/m1/s1. The lowest BCUT2D eigenvalue weighted by molar-refractivity contribution is -0.131. The van der Waals surface area contributed by atoms with Gasteiger partial charge in [0.1, 0.15) is 11.1 Å². The van der Waals surface area contributed by atoms with Crippen molar-refractivity contribution in [2.45, 2.75) is 25.4 Å². The molecule has 1 aromatic heterocycles. The van der Waals surface area contributed by atoms with Crippen molar-refractivity contribution in [2.24, 2.45) is 0 Å². The maximum Gasteiger partial charge on any atom is 0.374 e. The predicted octanol–water partition coefficient (Wildman–Crippen LogP) is 1.82. The highest BCUT2D eigenvalue weighted by Gasteiger charge is 2.53. The summed E-state index contributed by atoms with van der Waals surface area (Å²) in [5.74, 6) is -0.956. The number of para-hydroxylation sites is 1. The first-order chi connectivity index (χ1) is 12.6. The van der Waals surface area contributed by atoms with Gasteiger partial charge in [-0.3, -0.25) is 9.69 Å². The van der Waals surface area contributed by atoms with E-state index in [-0.39, 0.29) is 31.4 Å². The first kappa shape index (κ1) is 16.6. The minimum atomic E-state index is -0.999. The zero-order valence-corrected chi connectivity index (χ0v) is 14.2. The molecule has 1 aromatic carbocycles. The summed E-state index contributed by atoms with van der Waals surface area (Å²) in [7, 11) is 0. The second kappa shape index (κ2) is 6.14. The quantitative estimate of drug-likeness (QED) is 0.661. The van der Waals surface area contributed by atoms with Crippen molar-refractivity contribution < 1.29 is 28.3 Å². The van der Waals surface area contributed by atoms with E-state index in [0.717, 1.165) is 4.90 Å². The van der Waals surface area contributed by atoms with Crippen molar-refractivity contribution in [1.29, 1.82) is 0 Å². The molecular weight excluding hydrogens is 340 g/mol. The number of ether oxygens (including phenoxy) is 2. The fourth-order valence-electron chi connectivity index (χ4n) is 3.43. The lowest BCUT2D eigenvalue weighted by Gasteiger charge is -2.18. The van der Waals surface area contributed by atoms with Gasteiger partial charge in [0, 0.05) is 24.0 Å². The fourth-order valence-corrected chi connectivity index (χ4v) is 3.43. The Morgan fingerprint density at radius 1 is 1.35 bits per heavy atom. The Morgan fingerprint density at radius 3 is 2.88 bits per heavy atom. The van der Waals surface area contributed by atoms with Gasteiger partial charge in [0.05, 0.1) is 19.8 Å². The maximum atomic E-state index is 12.8. The van der Waals surface area contributed by atoms with Crippen LogP contribution in [0.3, 0.4) is 0 Å². The number of hydrogen-bond donors (Lipinski definition) is 1. The number of rotatable bonds is 4. The van der Waals surface area contributed by atoms with Gasteiger partial charge in [-0.05, 0) is 13.0 Å². The SMILES string of the molecule is CCOC(=O)c1oc2ccccc2c1CN1C(=O)N[C@@]2(CCOC2)C1=O. The van der Waals surface area contributed by atoms with Crippen LogP contribution < -0.4 is 5.32 Å². The Morgan fingerprint density at radius 2 is 2.15 bits per heavy atom. The van der Waals surface area contributed by atoms with E-state index in [0.29, 0.717) is 29.6 Å². The van der Waals surface area contributed by atoms with E-state index in [4.69, 9.17) is 13.9 Å². The Labute approximate surface area is 149 Å². The smallest absolute Gasteiger partial charge is 0.374 e. The number of urea groups is 1. The molecule has 8 heteroatoms. The molecule has 8 nitrogen and oxygen atoms in total. The molecular formula is C18H18N2O6. The Bertz CT molecular complexity index is 896. The summed E-state index contributed by atoms with van der Waals surface area (Å²) < 4.78 is 16.0. The maximum absolute atomic E-state index is 12.8. The summed E-state index contributed by atoms with van der Waals surface area (Å²) >= 11 is 0. The van der Waals surface area contributed by atoms with Crippen LogP contribution >= 0.6 is 0 Å². The number of furan rings is 1. The molecule has 0 unspecified atom stereocenters. The van der Waals surface area contributed by atoms with Gasteiger partial charge in [-0.2, -0.15) is 0 Å². The van der Waals surface area contributed by atoms with Crippen LogP contribution in [0.4, 0.5) is 4.79 Å². The van der Waals surface area contributed by atoms with E-state index in [1.165, 1.54) is 0 Å². The molecule has 2 aliphatic heterocycles. The summed E-state index contributed by atoms with van der Waals surface area (Å²) in [6, 6.07) is 6.58. The summed E-state index contributed by atoms with van der Waals surface area (Å²) in [6.07, 6.45) is 0.435. The number of imide groups is 1. The molecule has 1 spiro atoms. The van der Waals surface area contributed by atoms with E-state index in [1.54, 1.807) is 31.2 Å². The lowest BCUT2D eigenvalue weighted by Crippen LogP contribution is -2.47. The first-order valence-corrected chi connectivity index (χ1v) is 8.45. The van der Waals surface area contributed by atoms with E-state index in [9.17, 15) is 14.4 Å². The van der Waals surface area contributed by atoms with Crippen LogP contribution in [-0.2, 0) is 20.8 Å². The highest BCUT2D eigenvalue weighted by molar-refractivity contribution is 6.08. The molecule has 2 saturated heterocycles. The van der Waals surface area contributed by atoms with Crippen molar-refractivity contribution in [3.63, 3.8) is 0 Å². The molecule has 2 aliphatic rings. The van der Waals surface area contributed by atoms with Crippen LogP contribution in [0.5, 0.6) is 0 Å². The number of carbonyl (C=O) groups is 3. The molecule has 4 rings (SSSR count). The molecule has 0 bridgehead atoms. The third kappa shape index (κ3) is 2.45. The van der Waals surface area contributed by atoms with Crippen LogP contribution in [0.25, 0.3) is 11.0 Å². The molecule has 0 saturated carbocycles. The third-order valence-electron chi connectivity index (χ3n) is 4.74. The van der Waals surface area contributed by atoms with Crippen LogP contribution in [0.15, 0.2) is 28.7 Å². The van der Waals surface area contributed by atoms with Gasteiger partial charge < -0.3 is 19.2 Å². The fraction of sp³-hybridized carbons (Fsp3) is 0.389. The van der Waals surface area contributed by atoms with Crippen molar-refractivity contribution in [3.8, 4) is 0 Å². The van der Waals surface area contributed by atoms with Crippen LogP contribution in [0, 0.1) is 0 Å². The minimum absolute atomic E-state index is 0.0114. The summed E-state index contributed by atoms with van der Waals surface area (Å²) in [6.45, 7) is 2.39. The topological polar surface area (TPSA) is 98.1 Å². The second-order valence-electron chi connectivity index (χ2n) is 6.33. The van der Waals surface area contributed by atoms with E-state index >= 15 is 0 Å². The summed E-state index contributed by atoms with van der Waals surface area (Å²) in [5.41, 5.74) is -0.0456. The van der Waals surface area contributed by atoms with Gasteiger partial charge in [0.25, 0.3) is 5.91 Å². The van der Waals surface area contributed by atoms with Gasteiger partial charge in [-0.25, -0.2) is 9.59 Å². The van der Waals surface area contributed by atoms with E-state index < -0.39 is 17.5 Å². The second-order valence-corrected chi connectivity index (χ2v) is 6.33. The average molecular weight is 358 g/mol. The van der Waals surface area contributed by atoms with Crippen molar-refractivity contribution in [3.05, 3.63) is 35.6 Å². The van der Waals surface area contributed by atoms with E-state index in [2.05, 4.69) is 5.32 Å². The molecule has 0 aliphatic carbocycles. The zero-order valence-electron chi connectivity index (χ0n) is 14.2. The third-order valence-corrected chi connectivity index (χ3v) is 4.74. The number of carbonyl (C=O) groups excluding carboxylic acids is 3. The van der Waals surface area contributed by atoms with Crippen LogP contribution in [-0.4, -0.2) is 48.2 Å². The van der Waals surface area contributed by atoms with Crippen LogP contribution in [0.2, 0.25) is 0 Å². The van der Waals surface area contributed by atoms with Gasteiger partial charge in [0.2, 0.25) is 5.76 Å². The minimum Gasteiger partial charge on any atom is -0.460 e. The number of fused-ring (bicyclic) bond motifs is 1. The lowest BCUT2D eigenvalue weighted by atomic mass is 9.99. The van der Waals surface area contributed by atoms with Crippen molar-refractivity contribution in [2.75, 3.05) is 19.8 Å². The highest BCUT2D eigenvalue weighted by Crippen LogP contribution is 2.32. The molecule has 2 aromatic rings. The number of esters is 1. The Hall–Kier alpha value is -2.87. The van der Waals surface area contributed by atoms with Gasteiger partial charge >= 0.3 is 12.0 Å².